The zero-order valence-corrected chi connectivity index (χ0v) is 15.2. The highest BCUT2D eigenvalue weighted by molar-refractivity contribution is 7.91. The minimum absolute atomic E-state index is 0.0979. The lowest BCUT2D eigenvalue weighted by atomic mass is 10.2. The van der Waals surface area contributed by atoms with Crippen molar-refractivity contribution in [1.82, 2.24) is 4.90 Å². The van der Waals surface area contributed by atoms with Crippen LogP contribution in [0.3, 0.4) is 0 Å². The topological polar surface area (TPSA) is 54.5 Å². The van der Waals surface area contributed by atoms with Crippen molar-refractivity contribution >= 4 is 15.7 Å². The van der Waals surface area contributed by atoms with Gasteiger partial charge in [0.1, 0.15) is 5.82 Å². The van der Waals surface area contributed by atoms with Gasteiger partial charge in [0.2, 0.25) is 5.91 Å². The molecule has 0 aliphatic heterocycles. The Morgan fingerprint density at radius 1 is 1.12 bits per heavy atom. The molecule has 0 aliphatic carbocycles. The summed E-state index contributed by atoms with van der Waals surface area (Å²) in [6, 6.07) is 12.6. The van der Waals surface area contributed by atoms with Crippen molar-refractivity contribution < 1.29 is 17.6 Å². The Kier molecular flexibility index (Phi) is 6.31. The van der Waals surface area contributed by atoms with Crippen LogP contribution in [0.1, 0.15) is 24.5 Å². The molecule has 2 rings (SSSR count). The van der Waals surface area contributed by atoms with Gasteiger partial charge >= 0.3 is 0 Å². The lowest BCUT2D eigenvalue weighted by Gasteiger charge is -2.21. The number of carbonyl (C=O) groups is 1. The number of aryl methyl sites for hydroxylation is 1. The van der Waals surface area contributed by atoms with Crippen LogP contribution in [0.25, 0.3) is 0 Å². The van der Waals surface area contributed by atoms with Gasteiger partial charge in [-0.2, -0.15) is 0 Å². The minimum Gasteiger partial charge on any atom is -0.339 e. The molecule has 0 aliphatic rings. The van der Waals surface area contributed by atoms with Crippen molar-refractivity contribution in [2.75, 3.05) is 12.3 Å². The summed E-state index contributed by atoms with van der Waals surface area (Å²) in [6.07, 6.45) is -0.0979. The largest absolute Gasteiger partial charge is 0.339 e. The van der Waals surface area contributed by atoms with Gasteiger partial charge in [0.05, 0.1) is 10.6 Å². The van der Waals surface area contributed by atoms with Crippen LogP contribution in [-0.4, -0.2) is 31.5 Å². The van der Waals surface area contributed by atoms with E-state index in [1.807, 2.05) is 13.8 Å². The van der Waals surface area contributed by atoms with Gasteiger partial charge in [-0.15, -0.1) is 0 Å². The second-order valence-electron chi connectivity index (χ2n) is 5.92. The molecule has 0 bridgehead atoms. The van der Waals surface area contributed by atoms with Crippen LogP contribution in [0.15, 0.2) is 53.4 Å². The van der Waals surface area contributed by atoms with Gasteiger partial charge in [-0.05, 0) is 43.7 Å². The Labute approximate surface area is 148 Å². The van der Waals surface area contributed by atoms with Crippen molar-refractivity contribution in [1.29, 1.82) is 0 Å². The summed E-state index contributed by atoms with van der Waals surface area (Å²) < 4.78 is 37.9. The molecule has 0 unspecified atom stereocenters. The minimum atomic E-state index is -3.50. The average molecular weight is 363 g/mol. The number of nitrogens with zero attached hydrogens (tertiary/aromatic N) is 1. The molecule has 0 fully saturated rings. The molecule has 2 aromatic carbocycles. The molecular formula is C19H22FNO3S. The van der Waals surface area contributed by atoms with E-state index in [9.17, 15) is 17.6 Å². The monoisotopic (exact) mass is 363 g/mol. The van der Waals surface area contributed by atoms with E-state index in [0.29, 0.717) is 12.1 Å². The molecule has 0 N–H and O–H groups in total. The van der Waals surface area contributed by atoms with Crippen LogP contribution in [-0.2, 0) is 21.2 Å². The third kappa shape index (κ3) is 5.39. The van der Waals surface area contributed by atoms with E-state index in [1.54, 1.807) is 36.4 Å². The molecule has 1 amide bonds. The first-order valence-corrected chi connectivity index (χ1v) is 9.78. The summed E-state index contributed by atoms with van der Waals surface area (Å²) in [6.45, 7) is 4.38. The molecule has 0 aromatic heterocycles. The molecule has 0 spiro atoms. The van der Waals surface area contributed by atoms with Gasteiger partial charge in [0.15, 0.2) is 9.84 Å². The lowest BCUT2D eigenvalue weighted by molar-refractivity contribution is -0.131. The summed E-state index contributed by atoms with van der Waals surface area (Å²) >= 11 is 0. The van der Waals surface area contributed by atoms with Gasteiger partial charge in [-0.25, -0.2) is 12.8 Å². The van der Waals surface area contributed by atoms with Crippen molar-refractivity contribution in [2.45, 2.75) is 31.7 Å². The number of amides is 1. The second kappa shape index (κ2) is 8.25. The van der Waals surface area contributed by atoms with Crippen molar-refractivity contribution in [2.24, 2.45) is 0 Å². The van der Waals surface area contributed by atoms with Gasteiger partial charge in [0.25, 0.3) is 0 Å². The van der Waals surface area contributed by atoms with Crippen LogP contribution in [0.4, 0.5) is 4.39 Å². The summed E-state index contributed by atoms with van der Waals surface area (Å²) in [7, 11) is -3.50. The fraction of sp³-hybridized carbons (Fsp3) is 0.316. The molecular weight excluding hydrogens is 341 g/mol. The van der Waals surface area contributed by atoms with Gasteiger partial charge < -0.3 is 4.90 Å². The maximum atomic E-state index is 13.3. The third-order valence-corrected chi connectivity index (χ3v) is 5.69. The van der Waals surface area contributed by atoms with E-state index in [2.05, 4.69) is 0 Å². The van der Waals surface area contributed by atoms with Crippen molar-refractivity contribution in [3.63, 3.8) is 0 Å². The molecule has 0 saturated carbocycles. The van der Waals surface area contributed by atoms with E-state index >= 15 is 0 Å². The Balaban J connectivity index is 2.00. The molecule has 25 heavy (non-hydrogen) atoms. The zero-order valence-electron chi connectivity index (χ0n) is 14.4. The van der Waals surface area contributed by atoms with E-state index in [4.69, 9.17) is 0 Å². The zero-order chi connectivity index (χ0) is 18.4. The lowest BCUT2D eigenvalue weighted by Crippen LogP contribution is -2.31. The summed E-state index contributed by atoms with van der Waals surface area (Å²) in [5, 5.41) is 0. The molecule has 0 radical (unpaired) electrons. The third-order valence-electron chi connectivity index (χ3n) is 3.96. The number of halogens is 1. The van der Waals surface area contributed by atoms with Crippen LogP contribution >= 0.6 is 0 Å². The van der Waals surface area contributed by atoms with Crippen LogP contribution < -0.4 is 0 Å². The SMILES string of the molecule is CCN(Cc1cccc(F)c1)C(=O)CCS(=O)(=O)c1ccc(C)cc1. The number of carbonyl (C=O) groups excluding carboxylic acids is 1. The second-order valence-corrected chi connectivity index (χ2v) is 8.03. The van der Waals surface area contributed by atoms with Crippen molar-refractivity contribution in [3.8, 4) is 0 Å². The van der Waals surface area contributed by atoms with Gasteiger partial charge in [-0.1, -0.05) is 29.8 Å². The Morgan fingerprint density at radius 2 is 1.80 bits per heavy atom. The first-order chi connectivity index (χ1) is 11.8. The number of sulfone groups is 1. The fourth-order valence-corrected chi connectivity index (χ4v) is 3.71. The highest BCUT2D eigenvalue weighted by Gasteiger charge is 2.19. The maximum absolute atomic E-state index is 13.3. The maximum Gasteiger partial charge on any atom is 0.223 e. The van der Waals surface area contributed by atoms with E-state index in [1.165, 1.54) is 17.0 Å². The molecule has 0 saturated heterocycles. The quantitative estimate of drug-likeness (QED) is 0.758. The summed E-state index contributed by atoms with van der Waals surface area (Å²) in [5.41, 5.74) is 1.65. The smallest absolute Gasteiger partial charge is 0.223 e. The Bertz CT molecular complexity index is 832. The van der Waals surface area contributed by atoms with E-state index in [-0.39, 0.29) is 35.3 Å². The van der Waals surface area contributed by atoms with E-state index < -0.39 is 9.84 Å². The molecule has 0 heterocycles. The number of hydrogen-bond donors (Lipinski definition) is 0. The number of hydrogen-bond acceptors (Lipinski definition) is 3. The summed E-state index contributed by atoms with van der Waals surface area (Å²) in [5.74, 6) is -0.862. The van der Waals surface area contributed by atoms with Gasteiger partial charge in [-0.3, -0.25) is 4.79 Å². The first kappa shape index (κ1) is 19.1. The van der Waals surface area contributed by atoms with Gasteiger partial charge in [0, 0.05) is 19.5 Å². The Morgan fingerprint density at radius 3 is 2.40 bits per heavy atom. The van der Waals surface area contributed by atoms with Crippen LogP contribution in [0.5, 0.6) is 0 Å². The molecule has 4 nitrogen and oxygen atoms in total. The van der Waals surface area contributed by atoms with Crippen LogP contribution in [0.2, 0.25) is 0 Å². The number of benzene rings is 2. The predicted molar refractivity (Wildman–Crippen MR) is 95.3 cm³/mol. The average Bonchev–Trinajstić information content (AvgIpc) is 2.58. The van der Waals surface area contributed by atoms with E-state index in [0.717, 1.165) is 5.56 Å². The highest BCUT2D eigenvalue weighted by Crippen LogP contribution is 2.14. The summed E-state index contributed by atoms with van der Waals surface area (Å²) in [4.78, 5) is 14.1. The van der Waals surface area contributed by atoms with Crippen molar-refractivity contribution in [3.05, 3.63) is 65.5 Å². The predicted octanol–water partition coefficient (Wildman–Crippen LogP) is 3.35. The molecule has 6 heteroatoms. The first-order valence-electron chi connectivity index (χ1n) is 8.13. The number of rotatable bonds is 7. The molecule has 134 valence electrons. The molecule has 2 aromatic rings. The molecule has 0 atom stereocenters. The fourth-order valence-electron chi connectivity index (χ4n) is 2.48. The Hall–Kier alpha value is -2.21. The standard InChI is InChI=1S/C19H22FNO3S/c1-3-21(14-16-5-4-6-17(20)13-16)19(22)11-12-25(23,24)18-9-7-15(2)8-10-18/h4-10,13H,3,11-12,14H2,1-2H3. The normalized spacial score (nSPS) is 11.3. The van der Waals surface area contributed by atoms with Crippen LogP contribution in [0, 0.1) is 12.7 Å². The highest BCUT2D eigenvalue weighted by atomic mass is 32.2.